The van der Waals surface area contributed by atoms with Gasteiger partial charge in [0.15, 0.2) is 0 Å². The highest BCUT2D eigenvalue weighted by Crippen LogP contribution is 2.23. The second kappa shape index (κ2) is 7.17. The van der Waals surface area contributed by atoms with E-state index in [4.69, 9.17) is 0 Å². The number of aryl methyl sites for hydroxylation is 1. The Balaban J connectivity index is 1.99. The number of nitrogens with one attached hydrogen (secondary N) is 1. The van der Waals surface area contributed by atoms with Gasteiger partial charge in [-0.05, 0) is 12.5 Å². The topological polar surface area (TPSA) is 85.6 Å². The smallest absolute Gasteiger partial charge is 0.141 e. The van der Waals surface area contributed by atoms with E-state index in [1.807, 2.05) is 30.3 Å². The Bertz CT molecular complexity index is 588. The lowest BCUT2D eigenvalue weighted by molar-refractivity contribution is 0.174. The van der Waals surface area contributed by atoms with E-state index in [9.17, 15) is 15.3 Å². The minimum Gasteiger partial charge on any atom is -0.506 e. The summed E-state index contributed by atoms with van der Waals surface area (Å²) in [6.45, 7) is 2.24. The summed E-state index contributed by atoms with van der Waals surface area (Å²) in [5.41, 5.74) is 2.56. The molecule has 1 unspecified atom stereocenters. The van der Waals surface area contributed by atoms with Gasteiger partial charge in [0.05, 0.1) is 18.4 Å². The minimum atomic E-state index is -0.617. The van der Waals surface area contributed by atoms with E-state index < -0.39 is 6.10 Å². The van der Waals surface area contributed by atoms with Crippen molar-refractivity contribution in [1.29, 1.82) is 0 Å². The molecule has 0 bridgehead atoms. The van der Waals surface area contributed by atoms with E-state index >= 15 is 0 Å². The molecule has 0 saturated heterocycles. The van der Waals surface area contributed by atoms with E-state index in [-0.39, 0.29) is 12.4 Å². The number of aromatic hydroxyl groups is 1. The maximum absolute atomic E-state index is 10.1. The number of rotatable bonds is 6. The zero-order chi connectivity index (χ0) is 15.2. The standard InChI is InChI=1S/C16H20N2O3/c1-11-16(21)14(13(10-19)7-18-11)8-17-9-15(20)12-5-3-2-4-6-12/h2-7,15,17,19-21H,8-10H2,1H3. The van der Waals surface area contributed by atoms with Crippen LogP contribution >= 0.6 is 0 Å². The van der Waals surface area contributed by atoms with Crippen LogP contribution in [0, 0.1) is 6.92 Å². The number of aliphatic hydroxyl groups excluding tert-OH is 2. The van der Waals surface area contributed by atoms with Gasteiger partial charge in [0.25, 0.3) is 0 Å². The molecule has 2 rings (SSSR count). The highest BCUT2D eigenvalue weighted by atomic mass is 16.3. The van der Waals surface area contributed by atoms with Gasteiger partial charge in [0, 0.05) is 30.4 Å². The van der Waals surface area contributed by atoms with Crippen LogP contribution in [0.2, 0.25) is 0 Å². The number of aromatic nitrogens is 1. The first-order valence-electron chi connectivity index (χ1n) is 6.84. The maximum atomic E-state index is 10.1. The van der Waals surface area contributed by atoms with Crippen LogP contribution in [0.3, 0.4) is 0 Å². The molecule has 5 heteroatoms. The van der Waals surface area contributed by atoms with Gasteiger partial charge in [0.2, 0.25) is 0 Å². The van der Waals surface area contributed by atoms with E-state index in [2.05, 4.69) is 10.3 Å². The molecule has 0 spiro atoms. The quantitative estimate of drug-likeness (QED) is 0.646. The molecule has 1 atom stereocenters. The molecule has 5 nitrogen and oxygen atoms in total. The molecule has 0 radical (unpaired) electrons. The molecular formula is C16H20N2O3. The van der Waals surface area contributed by atoms with Crippen LogP contribution in [0.1, 0.15) is 28.5 Å². The predicted octanol–water partition coefficient (Wildman–Crippen LogP) is 1.41. The Kier molecular flexibility index (Phi) is 5.27. The third kappa shape index (κ3) is 3.78. The Morgan fingerprint density at radius 1 is 1.24 bits per heavy atom. The summed E-state index contributed by atoms with van der Waals surface area (Å²) >= 11 is 0. The molecule has 21 heavy (non-hydrogen) atoms. The third-order valence-electron chi connectivity index (χ3n) is 3.42. The minimum absolute atomic E-state index is 0.0863. The van der Waals surface area contributed by atoms with Gasteiger partial charge >= 0.3 is 0 Å². The van der Waals surface area contributed by atoms with Crippen molar-refractivity contribution in [2.75, 3.05) is 6.54 Å². The van der Waals surface area contributed by atoms with Gasteiger partial charge in [0.1, 0.15) is 5.75 Å². The van der Waals surface area contributed by atoms with Gasteiger partial charge in [-0.1, -0.05) is 30.3 Å². The highest BCUT2D eigenvalue weighted by molar-refractivity contribution is 5.40. The molecule has 0 aliphatic rings. The number of hydrogen-bond acceptors (Lipinski definition) is 5. The fourth-order valence-corrected chi connectivity index (χ4v) is 2.14. The molecular weight excluding hydrogens is 268 g/mol. The van der Waals surface area contributed by atoms with Crippen LogP contribution in [0.25, 0.3) is 0 Å². The molecule has 0 fully saturated rings. The van der Waals surface area contributed by atoms with Crippen LogP contribution in [-0.2, 0) is 13.2 Å². The zero-order valence-corrected chi connectivity index (χ0v) is 12.0. The molecule has 2 aromatic rings. The van der Waals surface area contributed by atoms with Gasteiger partial charge in [-0.15, -0.1) is 0 Å². The number of aliphatic hydroxyl groups is 2. The zero-order valence-electron chi connectivity index (χ0n) is 12.0. The Labute approximate surface area is 123 Å². The normalized spacial score (nSPS) is 12.3. The van der Waals surface area contributed by atoms with Crippen molar-refractivity contribution in [3.05, 3.63) is 58.9 Å². The van der Waals surface area contributed by atoms with Crippen LogP contribution < -0.4 is 5.32 Å². The van der Waals surface area contributed by atoms with Crippen molar-refractivity contribution in [3.63, 3.8) is 0 Å². The largest absolute Gasteiger partial charge is 0.506 e. The first-order chi connectivity index (χ1) is 10.1. The summed E-state index contributed by atoms with van der Waals surface area (Å²) in [7, 11) is 0. The molecule has 1 aromatic carbocycles. The van der Waals surface area contributed by atoms with E-state index in [1.165, 1.54) is 0 Å². The summed E-state index contributed by atoms with van der Waals surface area (Å²) < 4.78 is 0. The van der Waals surface area contributed by atoms with Crippen molar-refractivity contribution in [2.24, 2.45) is 0 Å². The Hall–Kier alpha value is -1.95. The summed E-state index contributed by atoms with van der Waals surface area (Å²) in [6.07, 6.45) is 0.938. The molecule has 0 amide bonds. The lowest BCUT2D eigenvalue weighted by Gasteiger charge is -2.15. The monoisotopic (exact) mass is 288 g/mol. The number of nitrogens with zero attached hydrogens (tertiary/aromatic N) is 1. The number of hydrogen-bond donors (Lipinski definition) is 4. The molecule has 0 aliphatic carbocycles. The fraction of sp³-hybridized carbons (Fsp3) is 0.312. The summed E-state index contributed by atoms with van der Waals surface area (Å²) in [6, 6.07) is 9.37. The SMILES string of the molecule is Cc1ncc(CO)c(CNCC(O)c2ccccc2)c1O. The summed E-state index contributed by atoms with van der Waals surface area (Å²) in [5, 5.41) is 32.5. The molecule has 1 heterocycles. The van der Waals surface area contributed by atoms with E-state index in [0.29, 0.717) is 29.9 Å². The van der Waals surface area contributed by atoms with Crippen LogP contribution in [0.4, 0.5) is 0 Å². The highest BCUT2D eigenvalue weighted by Gasteiger charge is 2.12. The second-order valence-electron chi connectivity index (χ2n) is 4.91. The maximum Gasteiger partial charge on any atom is 0.141 e. The summed E-state index contributed by atoms with van der Waals surface area (Å²) in [5.74, 6) is 0.0863. The van der Waals surface area contributed by atoms with Gasteiger partial charge in [-0.3, -0.25) is 4.98 Å². The second-order valence-corrected chi connectivity index (χ2v) is 4.91. The number of pyridine rings is 1. The molecule has 0 aliphatic heterocycles. The predicted molar refractivity (Wildman–Crippen MR) is 79.7 cm³/mol. The average Bonchev–Trinajstić information content (AvgIpc) is 2.52. The van der Waals surface area contributed by atoms with Crippen molar-refractivity contribution in [3.8, 4) is 5.75 Å². The van der Waals surface area contributed by atoms with Crippen molar-refractivity contribution in [1.82, 2.24) is 10.3 Å². The third-order valence-corrected chi connectivity index (χ3v) is 3.42. The van der Waals surface area contributed by atoms with Gasteiger partial charge in [-0.25, -0.2) is 0 Å². The summed E-state index contributed by atoms with van der Waals surface area (Å²) in [4.78, 5) is 4.01. The molecule has 112 valence electrons. The van der Waals surface area contributed by atoms with Crippen LogP contribution in [-0.4, -0.2) is 26.8 Å². The lowest BCUT2D eigenvalue weighted by Crippen LogP contribution is -2.22. The molecule has 4 N–H and O–H groups in total. The molecule has 1 aromatic heterocycles. The average molecular weight is 288 g/mol. The van der Waals surface area contributed by atoms with E-state index in [1.54, 1.807) is 13.1 Å². The molecule has 0 saturated carbocycles. The van der Waals surface area contributed by atoms with Crippen molar-refractivity contribution < 1.29 is 15.3 Å². The van der Waals surface area contributed by atoms with Crippen LogP contribution in [0.15, 0.2) is 36.5 Å². The van der Waals surface area contributed by atoms with Gasteiger partial charge < -0.3 is 20.6 Å². The van der Waals surface area contributed by atoms with Crippen molar-refractivity contribution >= 4 is 0 Å². The fourth-order valence-electron chi connectivity index (χ4n) is 2.14. The van der Waals surface area contributed by atoms with Gasteiger partial charge in [-0.2, -0.15) is 0 Å². The first kappa shape index (κ1) is 15.4. The first-order valence-corrected chi connectivity index (χ1v) is 6.84. The lowest BCUT2D eigenvalue weighted by atomic mass is 10.1. The Morgan fingerprint density at radius 2 is 1.95 bits per heavy atom. The number of benzene rings is 1. The van der Waals surface area contributed by atoms with Crippen LogP contribution in [0.5, 0.6) is 5.75 Å². The van der Waals surface area contributed by atoms with E-state index in [0.717, 1.165) is 5.56 Å². The Morgan fingerprint density at radius 3 is 2.62 bits per heavy atom. The van der Waals surface area contributed by atoms with Crippen molar-refractivity contribution in [2.45, 2.75) is 26.2 Å².